The molecule has 0 saturated carbocycles. The highest BCUT2D eigenvalue weighted by Crippen LogP contribution is 2.30. The highest BCUT2D eigenvalue weighted by atomic mass is 35.5. The maximum atomic E-state index is 12.8. The largest absolute Gasteiger partial charge is 0.463 e. The van der Waals surface area contributed by atoms with E-state index in [1.807, 2.05) is 36.4 Å². The fraction of sp³-hybridized carbons (Fsp3) is 0.297. The van der Waals surface area contributed by atoms with Gasteiger partial charge in [-0.1, -0.05) is 103 Å². The number of ketones is 1. The Morgan fingerprint density at radius 2 is 1.17 bits per heavy atom. The molecule has 4 aromatic rings. The van der Waals surface area contributed by atoms with Crippen LogP contribution in [0.2, 0.25) is 5.02 Å². The summed E-state index contributed by atoms with van der Waals surface area (Å²) in [5.74, 6) is -0.884. The molecule has 1 aliphatic rings. The summed E-state index contributed by atoms with van der Waals surface area (Å²) in [5, 5.41) is 0.747. The van der Waals surface area contributed by atoms with E-state index in [1.54, 1.807) is 37.3 Å². The van der Waals surface area contributed by atoms with Gasteiger partial charge in [-0.25, -0.2) is 0 Å². The van der Waals surface area contributed by atoms with Crippen molar-refractivity contribution in [2.75, 3.05) is 52.5 Å². The minimum Gasteiger partial charge on any atom is -0.463 e. The predicted octanol–water partition coefficient (Wildman–Crippen LogP) is 5.34. The van der Waals surface area contributed by atoms with Gasteiger partial charge in [-0.05, 0) is 41.8 Å². The van der Waals surface area contributed by atoms with Crippen LogP contribution in [0.4, 0.5) is 0 Å². The Bertz CT molecular complexity index is 1930. The monoisotopic (exact) mass is 806 g/mol. The predicted molar refractivity (Wildman–Crippen MR) is 203 cm³/mol. The molecule has 5 rings (SSSR count). The first-order valence-electron chi connectivity index (χ1n) is 16.6. The van der Waals surface area contributed by atoms with Gasteiger partial charge in [0.1, 0.15) is 6.61 Å². The second-order valence-corrected chi connectivity index (χ2v) is 14.2. The molecule has 0 spiro atoms. The molecule has 2 atom stereocenters. The Morgan fingerprint density at radius 1 is 0.667 bits per heavy atom. The van der Waals surface area contributed by atoms with Gasteiger partial charge in [-0.15, -0.1) is 0 Å². The zero-order valence-corrected chi connectivity index (χ0v) is 31.7. The number of hydrogen-bond acceptors (Lipinski definition) is 10. The van der Waals surface area contributed by atoms with Crippen LogP contribution in [0, 0.1) is 0 Å². The number of esters is 1. The van der Waals surface area contributed by atoms with Crippen LogP contribution in [0.3, 0.4) is 0 Å². The molecule has 4 N–H and O–H groups in total. The van der Waals surface area contributed by atoms with Crippen molar-refractivity contribution in [3.63, 3.8) is 0 Å². The highest BCUT2D eigenvalue weighted by Gasteiger charge is 2.26. The average Bonchev–Trinajstić information content (AvgIpc) is 3.13. The molecular weight excluding hydrogens is 764 g/mol. The van der Waals surface area contributed by atoms with Crippen molar-refractivity contribution in [2.45, 2.75) is 18.9 Å². The van der Waals surface area contributed by atoms with Gasteiger partial charge in [0, 0.05) is 48.9 Å². The van der Waals surface area contributed by atoms with Crippen molar-refractivity contribution in [1.82, 2.24) is 9.80 Å². The van der Waals surface area contributed by atoms with Crippen LogP contribution in [0.15, 0.2) is 109 Å². The van der Waals surface area contributed by atoms with E-state index >= 15 is 0 Å². The lowest BCUT2D eigenvalue weighted by Crippen LogP contribution is -2.48. The number of rotatable bonds is 13. The van der Waals surface area contributed by atoms with Gasteiger partial charge in [-0.3, -0.25) is 37.6 Å². The van der Waals surface area contributed by atoms with E-state index in [0.29, 0.717) is 24.3 Å². The number of halogens is 1. The van der Waals surface area contributed by atoms with Gasteiger partial charge < -0.3 is 9.47 Å². The summed E-state index contributed by atoms with van der Waals surface area (Å²) >= 11 is 6.17. The summed E-state index contributed by atoms with van der Waals surface area (Å²) in [7, 11) is -9.33. The number of ether oxygens (including phenoxy) is 2. The van der Waals surface area contributed by atoms with Crippen molar-refractivity contribution in [3.05, 3.63) is 142 Å². The fourth-order valence-electron chi connectivity index (χ4n) is 5.60. The zero-order chi connectivity index (χ0) is 39.7. The number of hydrogen-bond donors (Lipinski definition) is 4. The van der Waals surface area contributed by atoms with Gasteiger partial charge in [0.15, 0.2) is 5.78 Å². The number of carbonyl (C=O) groups excluding carboxylic acids is 2. The first-order valence-corrected chi connectivity index (χ1v) is 19.8. The van der Waals surface area contributed by atoms with Crippen LogP contribution in [-0.4, -0.2) is 109 Å². The van der Waals surface area contributed by atoms with Crippen LogP contribution in [0.5, 0.6) is 0 Å². The number of carbonyl (C=O) groups is 2. The number of benzene rings is 4. The molecule has 1 aliphatic heterocycles. The van der Waals surface area contributed by atoms with Crippen LogP contribution in [0.25, 0.3) is 0 Å². The molecular formula is C37H43ClN2O12S2. The summed E-state index contributed by atoms with van der Waals surface area (Å²) < 4.78 is 74.5. The lowest BCUT2D eigenvalue weighted by molar-refractivity contribution is -0.146. The third-order valence-electron chi connectivity index (χ3n) is 8.14. The Morgan fingerprint density at radius 3 is 1.74 bits per heavy atom. The Labute approximate surface area is 320 Å². The molecule has 14 nitrogen and oxygen atoms in total. The van der Waals surface area contributed by atoms with E-state index in [0.717, 1.165) is 43.3 Å². The van der Waals surface area contributed by atoms with E-state index in [9.17, 15) is 9.59 Å². The summed E-state index contributed by atoms with van der Waals surface area (Å²) in [6.07, 6.45) is 0. The van der Waals surface area contributed by atoms with Crippen LogP contribution < -0.4 is 0 Å². The van der Waals surface area contributed by atoms with Crippen molar-refractivity contribution < 1.29 is 54.1 Å². The Kier molecular flexibility index (Phi) is 17.8. The topological polar surface area (TPSA) is 208 Å². The first-order chi connectivity index (χ1) is 25.5. The minimum absolute atomic E-state index is 0.0691. The first kappa shape index (κ1) is 44.3. The SMILES string of the molecule is CC(C(=O)OCCOCCN1CCN(C(c2ccccc2)c2ccc(Cl)cc2)CC1)c1cccc(C(=O)c2ccccc2)c1.O=S(=O)(O)O.O=S(=O)(O)O. The molecule has 17 heteroatoms. The minimum atomic E-state index is -4.67. The lowest BCUT2D eigenvalue weighted by atomic mass is 9.96. The maximum absolute atomic E-state index is 12.8. The Hall–Kier alpha value is -4.07. The van der Waals surface area contributed by atoms with E-state index in [-0.39, 0.29) is 24.4 Å². The number of nitrogens with zero attached hydrogens (tertiary/aromatic N) is 2. The summed E-state index contributed by atoms with van der Waals surface area (Å²) in [5.41, 5.74) is 4.45. The van der Waals surface area contributed by atoms with Gasteiger partial charge >= 0.3 is 26.8 Å². The number of piperazine rings is 1. The Balaban J connectivity index is 0.000000695. The van der Waals surface area contributed by atoms with Gasteiger partial charge in [0.25, 0.3) is 0 Å². The molecule has 1 saturated heterocycles. The van der Waals surface area contributed by atoms with Crippen molar-refractivity contribution in [2.24, 2.45) is 0 Å². The van der Waals surface area contributed by atoms with Gasteiger partial charge in [0.2, 0.25) is 0 Å². The third kappa shape index (κ3) is 16.9. The van der Waals surface area contributed by atoms with Crippen molar-refractivity contribution in [1.29, 1.82) is 0 Å². The second kappa shape index (κ2) is 21.7. The molecule has 0 amide bonds. The van der Waals surface area contributed by atoms with Crippen LogP contribution in [0.1, 0.15) is 51.5 Å². The maximum Gasteiger partial charge on any atom is 0.394 e. The van der Waals surface area contributed by atoms with Gasteiger partial charge in [-0.2, -0.15) is 16.8 Å². The highest BCUT2D eigenvalue weighted by molar-refractivity contribution is 7.80. The molecule has 54 heavy (non-hydrogen) atoms. The van der Waals surface area contributed by atoms with E-state index < -0.39 is 26.7 Å². The van der Waals surface area contributed by atoms with E-state index in [2.05, 4.69) is 52.3 Å². The smallest absolute Gasteiger partial charge is 0.394 e. The average molecular weight is 807 g/mol. The van der Waals surface area contributed by atoms with E-state index in [4.69, 9.17) is 56.1 Å². The van der Waals surface area contributed by atoms with Crippen LogP contribution >= 0.6 is 11.6 Å². The second-order valence-electron chi connectivity index (χ2n) is 12.0. The fourth-order valence-corrected chi connectivity index (χ4v) is 5.73. The molecule has 0 radical (unpaired) electrons. The zero-order valence-electron chi connectivity index (χ0n) is 29.3. The van der Waals surface area contributed by atoms with Crippen molar-refractivity contribution >= 4 is 44.2 Å². The molecule has 2 unspecified atom stereocenters. The summed E-state index contributed by atoms with van der Waals surface area (Å²) in [6.45, 7) is 7.57. The third-order valence-corrected chi connectivity index (χ3v) is 8.39. The quantitative estimate of drug-likeness (QED) is 0.0583. The van der Waals surface area contributed by atoms with Crippen molar-refractivity contribution in [3.8, 4) is 0 Å². The normalized spacial score (nSPS) is 14.7. The van der Waals surface area contributed by atoms with E-state index in [1.165, 1.54) is 11.1 Å². The molecule has 4 aromatic carbocycles. The van der Waals surface area contributed by atoms with Gasteiger partial charge in [0.05, 0.1) is 25.2 Å². The molecule has 0 aromatic heterocycles. The van der Waals surface area contributed by atoms with Crippen LogP contribution in [-0.2, 0) is 35.1 Å². The molecule has 0 bridgehead atoms. The molecule has 1 fully saturated rings. The molecule has 0 aliphatic carbocycles. The summed E-state index contributed by atoms with van der Waals surface area (Å²) in [6, 6.07) is 35.3. The summed E-state index contributed by atoms with van der Waals surface area (Å²) in [4.78, 5) is 30.5. The standard InChI is InChI=1S/C37H39ClN2O4.2H2O4S/c1-28(32-13-8-14-33(27-32)36(41)31-11-6-3-7-12-31)37(42)44-26-25-43-24-23-39-19-21-40(22-20-39)35(29-9-4-2-5-10-29)30-15-17-34(38)18-16-30;2*1-5(2,3)4/h2-18,27-28,35H,19-26H2,1H3;2*(H2,1,2,3,4). The molecule has 292 valence electrons. The lowest BCUT2D eigenvalue weighted by Gasteiger charge is -2.39. The molecule has 1 heterocycles.